The molecule has 0 spiro atoms. The summed E-state index contributed by atoms with van der Waals surface area (Å²) < 4.78 is 38.5. The molecule has 0 heterocycles. The van der Waals surface area contributed by atoms with Crippen molar-refractivity contribution < 1.29 is 23.1 Å². The van der Waals surface area contributed by atoms with Crippen LogP contribution >= 0.6 is 11.6 Å². The van der Waals surface area contributed by atoms with E-state index in [-0.39, 0.29) is 23.7 Å². The Morgan fingerprint density at radius 2 is 2.08 bits per heavy atom. The van der Waals surface area contributed by atoms with E-state index >= 15 is 0 Å². The van der Waals surface area contributed by atoms with E-state index in [2.05, 4.69) is 5.32 Å². The van der Waals surface area contributed by atoms with Gasteiger partial charge in [0.1, 0.15) is 0 Å². The minimum Gasteiger partial charge on any atom is -0.480 e. The van der Waals surface area contributed by atoms with Crippen LogP contribution in [0.2, 0.25) is 5.02 Å². The van der Waals surface area contributed by atoms with Gasteiger partial charge < -0.3 is 10.4 Å². The Hall–Kier alpha value is -1.31. The molecule has 0 bridgehead atoms. The highest BCUT2D eigenvalue weighted by Gasteiger charge is 2.35. The second-order valence-electron chi connectivity index (χ2n) is 5.97. The molecule has 0 unspecified atom stereocenters. The number of carboxylic acid groups (broad SMARTS) is 1. The third-order valence-corrected chi connectivity index (χ3v) is 4.63. The lowest BCUT2D eigenvalue weighted by molar-refractivity contribution is -0.139. The summed E-state index contributed by atoms with van der Waals surface area (Å²) in [7, 11) is 0. The van der Waals surface area contributed by atoms with Crippen LogP contribution in [0.3, 0.4) is 0 Å². The smallest absolute Gasteiger partial charge is 0.417 e. The highest BCUT2D eigenvalue weighted by atomic mass is 35.5. The molecular weight excluding hydrogens is 345 g/mol. The lowest BCUT2D eigenvalue weighted by Crippen LogP contribution is -2.53. The van der Waals surface area contributed by atoms with Crippen molar-refractivity contribution in [3.05, 3.63) is 34.3 Å². The molecular formula is C16H20ClF3N2O2. The van der Waals surface area contributed by atoms with E-state index in [1.54, 1.807) is 6.07 Å². The van der Waals surface area contributed by atoms with Crippen LogP contribution in [0.25, 0.3) is 0 Å². The highest BCUT2D eigenvalue weighted by Crippen LogP contribution is 2.35. The van der Waals surface area contributed by atoms with Crippen molar-refractivity contribution in [2.45, 2.75) is 44.6 Å². The van der Waals surface area contributed by atoms with Gasteiger partial charge in [0.25, 0.3) is 0 Å². The van der Waals surface area contributed by atoms with Crippen LogP contribution in [0.4, 0.5) is 13.2 Å². The van der Waals surface area contributed by atoms with Crippen molar-refractivity contribution in [2.24, 2.45) is 0 Å². The predicted molar refractivity (Wildman–Crippen MR) is 85.0 cm³/mol. The van der Waals surface area contributed by atoms with Gasteiger partial charge in [-0.05, 0) is 37.1 Å². The fourth-order valence-corrected chi connectivity index (χ4v) is 3.11. The van der Waals surface area contributed by atoms with E-state index in [0.717, 1.165) is 18.9 Å². The molecule has 0 radical (unpaired) electrons. The largest absolute Gasteiger partial charge is 0.480 e. The number of hydrogen-bond donors (Lipinski definition) is 2. The lowest BCUT2D eigenvalue weighted by Gasteiger charge is -2.42. The summed E-state index contributed by atoms with van der Waals surface area (Å²) in [6.45, 7) is 2.91. The van der Waals surface area contributed by atoms with Gasteiger partial charge in [0.15, 0.2) is 0 Å². The summed E-state index contributed by atoms with van der Waals surface area (Å²) >= 11 is 5.60. The molecule has 0 aliphatic heterocycles. The molecule has 1 aliphatic carbocycles. The molecule has 0 aromatic heterocycles. The first-order chi connectivity index (χ1) is 11.2. The Labute approximate surface area is 143 Å². The van der Waals surface area contributed by atoms with Crippen molar-refractivity contribution in [3.63, 3.8) is 0 Å². The van der Waals surface area contributed by atoms with Crippen molar-refractivity contribution in [1.82, 2.24) is 10.2 Å². The number of nitrogens with one attached hydrogen (secondary N) is 1. The SMILES string of the molecule is CCN(CC(=O)O)C1CC(NCc2ccc(Cl)c(C(F)(F)F)c2)C1. The van der Waals surface area contributed by atoms with Gasteiger partial charge in [-0.2, -0.15) is 13.2 Å². The molecule has 0 amide bonds. The molecule has 0 saturated heterocycles. The first-order valence-electron chi connectivity index (χ1n) is 7.75. The van der Waals surface area contributed by atoms with E-state index in [4.69, 9.17) is 16.7 Å². The molecule has 1 fully saturated rings. The van der Waals surface area contributed by atoms with Crippen LogP contribution in [0.1, 0.15) is 30.9 Å². The number of rotatable bonds is 7. The van der Waals surface area contributed by atoms with Gasteiger partial charge in [-0.25, -0.2) is 0 Å². The van der Waals surface area contributed by atoms with Crippen LogP contribution in [-0.2, 0) is 17.5 Å². The molecule has 2 rings (SSSR count). The maximum atomic E-state index is 12.8. The van der Waals surface area contributed by atoms with Crippen LogP contribution in [0, 0.1) is 0 Å². The fraction of sp³-hybridized carbons (Fsp3) is 0.562. The van der Waals surface area contributed by atoms with E-state index < -0.39 is 17.7 Å². The van der Waals surface area contributed by atoms with Crippen molar-refractivity contribution >= 4 is 17.6 Å². The summed E-state index contributed by atoms with van der Waals surface area (Å²) in [5, 5.41) is 11.8. The molecule has 1 aromatic carbocycles. The third-order valence-electron chi connectivity index (χ3n) is 4.31. The molecule has 1 aliphatic rings. The maximum absolute atomic E-state index is 12.8. The van der Waals surface area contributed by atoms with E-state index in [0.29, 0.717) is 18.7 Å². The number of carboxylic acids is 1. The maximum Gasteiger partial charge on any atom is 0.417 e. The minimum absolute atomic E-state index is 0.0139. The average Bonchev–Trinajstić information content (AvgIpc) is 2.44. The fourth-order valence-electron chi connectivity index (χ4n) is 2.89. The van der Waals surface area contributed by atoms with Gasteiger partial charge >= 0.3 is 12.1 Å². The molecule has 0 atom stereocenters. The van der Waals surface area contributed by atoms with E-state index in [1.165, 1.54) is 6.07 Å². The molecule has 24 heavy (non-hydrogen) atoms. The number of aliphatic carboxylic acids is 1. The van der Waals surface area contributed by atoms with Gasteiger partial charge in [-0.3, -0.25) is 9.69 Å². The summed E-state index contributed by atoms with van der Waals surface area (Å²) in [4.78, 5) is 12.7. The van der Waals surface area contributed by atoms with Crippen molar-refractivity contribution in [3.8, 4) is 0 Å². The second kappa shape index (κ2) is 7.72. The van der Waals surface area contributed by atoms with E-state index in [1.807, 2.05) is 11.8 Å². The number of benzene rings is 1. The van der Waals surface area contributed by atoms with Gasteiger partial charge in [0.2, 0.25) is 0 Å². The van der Waals surface area contributed by atoms with Gasteiger partial charge in [-0.15, -0.1) is 0 Å². The van der Waals surface area contributed by atoms with Crippen molar-refractivity contribution in [1.29, 1.82) is 0 Å². The zero-order valence-electron chi connectivity index (χ0n) is 13.2. The molecule has 4 nitrogen and oxygen atoms in total. The Morgan fingerprint density at radius 3 is 2.62 bits per heavy atom. The Morgan fingerprint density at radius 1 is 1.42 bits per heavy atom. The van der Waals surface area contributed by atoms with Crippen LogP contribution in [-0.4, -0.2) is 41.1 Å². The zero-order valence-corrected chi connectivity index (χ0v) is 14.0. The Bertz CT molecular complexity index is 589. The highest BCUT2D eigenvalue weighted by molar-refractivity contribution is 6.31. The van der Waals surface area contributed by atoms with Gasteiger partial charge in [0.05, 0.1) is 17.1 Å². The average molecular weight is 365 g/mol. The molecule has 8 heteroatoms. The second-order valence-corrected chi connectivity index (χ2v) is 6.38. The zero-order chi connectivity index (χ0) is 17.9. The number of alkyl halides is 3. The van der Waals surface area contributed by atoms with Crippen LogP contribution in [0.5, 0.6) is 0 Å². The lowest BCUT2D eigenvalue weighted by atomic mass is 9.85. The number of likely N-dealkylation sites (N-methyl/N-ethyl adjacent to an activating group) is 1. The van der Waals surface area contributed by atoms with Crippen molar-refractivity contribution in [2.75, 3.05) is 13.1 Å². The number of nitrogens with zero attached hydrogens (tertiary/aromatic N) is 1. The molecule has 134 valence electrons. The van der Waals surface area contributed by atoms with Gasteiger partial charge in [-0.1, -0.05) is 24.6 Å². The van der Waals surface area contributed by atoms with Crippen LogP contribution in [0.15, 0.2) is 18.2 Å². The molecule has 1 aromatic rings. The summed E-state index contributed by atoms with van der Waals surface area (Å²) in [6, 6.07) is 4.29. The number of hydrogen-bond acceptors (Lipinski definition) is 3. The van der Waals surface area contributed by atoms with Crippen LogP contribution < -0.4 is 5.32 Å². The number of carbonyl (C=O) groups is 1. The summed E-state index contributed by atoms with van der Waals surface area (Å²) in [6.07, 6.45) is -2.88. The first kappa shape index (κ1) is 19.0. The number of halogens is 4. The standard InChI is InChI=1S/C16H20ClF3N2O2/c1-2-22(9-15(23)24)12-6-11(7-12)21-8-10-3-4-14(17)13(5-10)16(18,19)20/h3-5,11-12,21H,2,6-9H2,1H3,(H,23,24). The molecule has 1 saturated carbocycles. The predicted octanol–water partition coefficient (Wildman–Crippen LogP) is 3.39. The quantitative estimate of drug-likeness (QED) is 0.778. The minimum atomic E-state index is -4.47. The molecule has 2 N–H and O–H groups in total. The van der Waals surface area contributed by atoms with E-state index in [9.17, 15) is 18.0 Å². The summed E-state index contributed by atoms with van der Waals surface area (Å²) in [5.41, 5.74) is -0.304. The monoisotopic (exact) mass is 364 g/mol. The summed E-state index contributed by atoms with van der Waals surface area (Å²) in [5.74, 6) is -0.853. The Balaban J connectivity index is 1.85. The normalized spacial score (nSPS) is 20.9. The first-order valence-corrected chi connectivity index (χ1v) is 8.13. The van der Waals surface area contributed by atoms with Gasteiger partial charge in [0, 0.05) is 18.6 Å². The Kier molecular flexibility index (Phi) is 6.11. The topological polar surface area (TPSA) is 52.6 Å². The third kappa shape index (κ3) is 4.84.